The van der Waals surface area contributed by atoms with Gasteiger partial charge < -0.3 is 10.6 Å². The van der Waals surface area contributed by atoms with Crippen LogP contribution >= 0.6 is 0 Å². The smallest absolute Gasteiger partial charge is 0.331 e. The highest BCUT2D eigenvalue weighted by atomic mass is 16.2. The third-order valence-corrected chi connectivity index (χ3v) is 6.70. The molecule has 0 bridgehead atoms. The summed E-state index contributed by atoms with van der Waals surface area (Å²) in [7, 11) is 1.62. The van der Waals surface area contributed by atoms with Crippen molar-refractivity contribution < 1.29 is 9.59 Å². The fourth-order valence-electron chi connectivity index (χ4n) is 4.81. The number of carbonyl (C=O) groups excluding carboxylic acids is 2. The standard InChI is InChI=1S/C27H32N6O5/c1-6-31-22-14-18(20(29-17(4)34)15-23(22)32(7-2)27(31)38)24(35)28-11-8-12-33-25(36)19-13-16(3)9-10-21(19)30(5)26(33)37/h9-10,13-15H,6-8,11-12H2,1-5H3,(H,28,35)(H,29,34). The predicted molar refractivity (Wildman–Crippen MR) is 147 cm³/mol. The molecule has 0 aliphatic carbocycles. The number of fused-ring (bicyclic) bond motifs is 2. The molecule has 4 rings (SSSR count). The van der Waals surface area contributed by atoms with Crippen LogP contribution in [-0.2, 0) is 31.5 Å². The lowest BCUT2D eigenvalue weighted by Gasteiger charge is -2.13. The largest absolute Gasteiger partial charge is 0.352 e. The molecule has 0 spiro atoms. The van der Waals surface area contributed by atoms with Crippen molar-refractivity contribution in [2.24, 2.45) is 7.05 Å². The summed E-state index contributed by atoms with van der Waals surface area (Å²) in [6.07, 6.45) is 0.335. The number of amides is 2. The van der Waals surface area contributed by atoms with Crippen LogP contribution in [-0.4, -0.2) is 36.6 Å². The minimum Gasteiger partial charge on any atom is -0.352 e. The molecule has 4 aromatic rings. The third-order valence-electron chi connectivity index (χ3n) is 6.70. The van der Waals surface area contributed by atoms with Gasteiger partial charge >= 0.3 is 11.4 Å². The lowest BCUT2D eigenvalue weighted by Crippen LogP contribution is -2.39. The quantitative estimate of drug-likeness (QED) is 0.343. The molecule has 2 heterocycles. The molecule has 0 unspecified atom stereocenters. The molecule has 200 valence electrons. The summed E-state index contributed by atoms with van der Waals surface area (Å²) < 4.78 is 5.79. The van der Waals surface area contributed by atoms with Gasteiger partial charge in [0.25, 0.3) is 11.5 Å². The van der Waals surface area contributed by atoms with Crippen molar-refractivity contribution in [2.45, 2.75) is 53.8 Å². The van der Waals surface area contributed by atoms with Gasteiger partial charge in [-0.3, -0.25) is 32.7 Å². The van der Waals surface area contributed by atoms with Crippen LogP contribution in [0.15, 0.2) is 44.7 Å². The van der Waals surface area contributed by atoms with Crippen molar-refractivity contribution in [1.82, 2.24) is 23.6 Å². The zero-order valence-corrected chi connectivity index (χ0v) is 22.3. The molecule has 0 aliphatic heterocycles. The monoisotopic (exact) mass is 520 g/mol. The normalized spacial score (nSPS) is 11.3. The van der Waals surface area contributed by atoms with Crippen LogP contribution in [0.1, 0.15) is 43.1 Å². The maximum Gasteiger partial charge on any atom is 0.331 e. The lowest BCUT2D eigenvalue weighted by molar-refractivity contribution is -0.114. The fraction of sp³-hybridized carbons (Fsp3) is 0.370. The SMILES string of the molecule is CCn1c(=O)n(CC)c2cc(C(=O)NCCCn3c(=O)c4cc(C)ccc4n(C)c3=O)c(NC(C)=O)cc21. The molecule has 2 aromatic carbocycles. The summed E-state index contributed by atoms with van der Waals surface area (Å²) >= 11 is 0. The minimum absolute atomic E-state index is 0.127. The number of hydrogen-bond donors (Lipinski definition) is 2. The van der Waals surface area contributed by atoms with Crippen molar-refractivity contribution >= 4 is 39.4 Å². The van der Waals surface area contributed by atoms with Crippen LogP contribution < -0.4 is 27.6 Å². The highest BCUT2D eigenvalue weighted by molar-refractivity contribution is 6.06. The van der Waals surface area contributed by atoms with Gasteiger partial charge in [0, 0.05) is 40.2 Å². The molecular weight excluding hydrogens is 488 g/mol. The first-order chi connectivity index (χ1) is 18.1. The van der Waals surface area contributed by atoms with E-state index in [4.69, 9.17) is 0 Å². The van der Waals surface area contributed by atoms with Crippen molar-refractivity contribution in [3.63, 3.8) is 0 Å². The number of rotatable bonds is 8. The maximum absolute atomic E-state index is 13.2. The van der Waals surface area contributed by atoms with Crippen LogP contribution in [0.4, 0.5) is 5.69 Å². The second-order valence-electron chi connectivity index (χ2n) is 9.27. The number of aromatic nitrogens is 4. The summed E-state index contributed by atoms with van der Waals surface area (Å²) in [5.74, 6) is -0.787. The first-order valence-electron chi connectivity index (χ1n) is 12.6. The van der Waals surface area contributed by atoms with E-state index in [1.54, 1.807) is 40.4 Å². The summed E-state index contributed by atoms with van der Waals surface area (Å²) in [5.41, 5.74) is 2.25. The number of nitrogens with one attached hydrogen (secondary N) is 2. The molecule has 11 heteroatoms. The Bertz CT molecular complexity index is 1750. The van der Waals surface area contributed by atoms with E-state index < -0.39 is 11.6 Å². The van der Waals surface area contributed by atoms with Crippen LogP contribution in [0.5, 0.6) is 0 Å². The molecule has 0 fully saturated rings. The summed E-state index contributed by atoms with van der Waals surface area (Å²) in [5, 5.41) is 5.96. The molecule has 11 nitrogen and oxygen atoms in total. The summed E-state index contributed by atoms with van der Waals surface area (Å²) in [6.45, 7) is 8.12. The Morgan fingerprint density at radius 2 is 1.53 bits per heavy atom. The molecule has 38 heavy (non-hydrogen) atoms. The Morgan fingerprint density at radius 3 is 2.16 bits per heavy atom. The Labute approximate surface area is 218 Å². The van der Waals surface area contributed by atoms with Gasteiger partial charge in [-0.05, 0) is 51.5 Å². The third kappa shape index (κ3) is 4.67. The zero-order chi connectivity index (χ0) is 27.7. The number of hydrogen-bond acceptors (Lipinski definition) is 5. The number of aryl methyl sites for hydroxylation is 4. The second kappa shape index (κ2) is 10.5. The molecule has 2 N–H and O–H groups in total. The van der Waals surface area contributed by atoms with Gasteiger partial charge in [0.1, 0.15) is 0 Å². The molecule has 0 radical (unpaired) electrons. The van der Waals surface area contributed by atoms with Gasteiger partial charge in [-0.25, -0.2) is 9.59 Å². The predicted octanol–water partition coefficient (Wildman–Crippen LogP) is 1.94. The summed E-state index contributed by atoms with van der Waals surface area (Å²) in [4.78, 5) is 63.6. The van der Waals surface area contributed by atoms with Gasteiger partial charge in [-0.1, -0.05) is 11.6 Å². The van der Waals surface area contributed by atoms with Crippen molar-refractivity contribution in [3.8, 4) is 0 Å². The molecule has 0 saturated carbocycles. The highest BCUT2D eigenvalue weighted by Crippen LogP contribution is 2.24. The molecule has 2 aromatic heterocycles. The van der Waals surface area contributed by atoms with Gasteiger partial charge in [-0.2, -0.15) is 0 Å². The Kier molecular flexibility index (Phi) is 7.38. The van der Waals surface area contributed by atoms with Gasteiger partial charge in [0.2, 0.25) is 5.91 Å². The van der Waals surface area contributed by atoms with E-state index in [1.807, 2.05) is 26.8 Å². The van der Waals surface area contributed by atoms with Gasteiger partial charge in [0.15, 0.2) is 0 Å². The van der Waals surface area contributed by atoms with E-state index in [2.05, 4.69) is 10.6 Å². The number of anilines is 1. The first-order valence-corrected chi connectivity index (χ1v) is 12.6. The zero-order valence-electron chi connectivity index (χ0n) is 22.3. The van der Waals surface area contributed by atoms with E-state index >= 15 is 0 Å². The highest BCUT2D eigenvalue weighted by Gasteiger charge is 2.19. The topological polar surface area (TPSA) is 129 Å². The fourth-order valence-corrected chi connectivity index (χ4v) is 4.81. The van der Waals surface area contributed by atoms with Crippen molar-refractivity contribution in [2.75, 3.05) is 11.9 Å². The number of carbonyl (C=O) groups is 2. The van der Waals surface area contributed by atoms with E-state index in [0.29, 0.717) is 47.1 Å². The molecule has 2 amide bonds. The summed E-state index contributed by atoms with van der Waals surface area (Å²) in [6, 6.07) is 8.62. The number of benzene rings is 2. The Balaban J connectivity index is 1.59. The Hall–Kier alpha value is -4.41. The van der Waals surface area contributed by atoms with Crippen molar-refractivity contribution in [3.05, 3.63) is 72.8 Å². The van der Waals surface area contributed by atoms with E-state index in [9.17, 15) is 24.0 Å². The average Bonchev–Trinajstić information content (AvgIpc) is 3.14. The van der Waals surface area contributed by atoms with Gasteiger partial charge in [0.05, 0.1) is 33.2 Å². The Morgan fingerprint density at radius 1 is 0.868 bits per heavy atom. The van der Waals surface area contributed by atoms with Crippen LogP contribution in [0.2, 0.25) is 0 Å². The van der Waals surface area contributed by atoms with Crippen LogP contribution in [0.25, 0.3) is 21.9 Å². The van der Waals surface area contributed by atoms with Crippen LogP contribution in [0, 0.1) is 6.92 Å². The molecule has 0 saturated heterocycles. The number of imidazole rings is 1. The van der Waals surface area contributed by atoms with Crippen molar-refractivity contribution in [1.29, 1.82) is 0 Å². The average molecular weight is 521 g/mol. The number of nitrogens with zero attached hydrogens (tertiary/aromatic N) is 4. The maximum atomic E-state index is 13.2. The van der Waals surface area contributed by atoms with E-state index in [-0.39, 0.29) is 35.8 Å². The first kappa shape index (κ1) is 26.6. The molecular formula is C27H32N6O5. The van der Waals surface area contributed by atoms with E-state index in [1.165, 1.54) is 16.1 Å². The molecule has 0 aliphatic rings. The molecule has 0 atom stereocenters. The van der Waals surface area contributed by atoms with Gasteiger partial charge in [-0.15, -0.1) is 0 Å². The minimum atomic E-state index is -0.440. The van der Waals surface area contributed by atoms with E-state index in [0.717, 1.165) is 5.56 Å². The second-order valence-corrected chi connectivity index (χ2v) is 9.27. The lowest BCUT2D eigenvalue weighted by atomic mass is 10.1. The van der Waals surface area contributed by atoms with Crippen LogP contribution in [0.3, 0.4) is 0 Å².